The highest BCUT2D eigenvalue weighted by molar-refractivity contribution is 5.91. The number of aryl methyl sites for hydroxylation is 1. The third kappa shape index (κ3) is 3.46. The van der Waals surface area contributed by atoms with Crippen molar-refractivity contribution in [2.45, 2.75) is 26.7 Å². The second-order valence-electron chi connectivity index (χ2n) is 5.28. The van der Waals surface area contributed by atoms with Gasteiger partial charge in [-0.25, -0.2) is 0 Å². The van der Waals surface area contributed by atoms with Crippen molar-refractivity contribution in [1.82, 2.24) is 4.90 Å². The monoisotopic (exact) mass is 243 g/mol. The summed E-state index contributed by atoms with van der Waals surface area (Å²) in [5, 5.41) is 0. The molecular formula is C16H21NO. The Morgan fingerprint density at radius 2 is 2.06 bits per heavy atom. The molecule has 1 aliphatic heterocycles. The van der Waals surface area contributed by atoms with E-state index in [0.29, 0.717) is 5.92 Å². The molecule has 2 heteroatoms. The Labute approximate surface area is 109 Å². The molecule has 1 heterocycles. The Morgan fingerprint density at radius 1 is 1.33 bits per heavy atom. The molecule has 1 atom stereocenters. The van der Waals surface area contributed by atoms with Crippen LogP contribution in [-0.4, -0.2) is 23.9 Å². The molecule has 1 saturated heterocycles. The summed E-state index contributed by atoms with van der Waals surface area (Å²) in [5.74, 6) is 0.776. The third-order valence-electron chi connectivity index (χ3n) is 3.46. The highest BCUT2D eigenvalue weighted by atomic mass is 16.2. The Hall–Kier alpha value is -1.57. The zero-order valence-corrected chi connectivity index (χ0v) is 11.2. The van der Waals surface area contributed by atoms with E-state index in [0.717, 1.165) is 25.1 Å². The van der Waals surface area contributed by atoms with Crippen LogP contribution in [0.5, 0.6) is 0 Å². The van der Waals surface area contributed by atoms with Crippen molar-refractivity contribution >= 4 is 12.0 Å². The van der Waals surface area contributed by atoms with Crippen LogP contribution in [0.25, 0.3) is 6.08 Å². The first kappa shape index (κ1) is 12.9. The molecule has 2 rings (SSSR count). The number of hydrogen-bond donors (Lipinski definition) is 0. The summed E-state index contributed by atoms with van der Waals surface area (Å²) < 4.78 is 0. The van der Waals surface area contributed by atoms with Crippen LogP contribution in [0.3, 0.4) is 0 Å². The van der Waals surface area contributed by atoms with Gasteiger partial charge in [0, 0.05) is 19.2 Å². The quantitative estimate of drug-likeness (QED) is 0.730. The number of hydrogen-bond acceptors (Lipinski definition) is 1. The zero-order chi connectivity index (χ0) is 13.0. The number of carbonyl (C=O) groups excluding carboxylic acids is 1. The van der Waals surface area contributed by atoms with Gasteiger partial charge in [-0.3, -0.25) is 4.79 Å². The van der Waals surface area contributed by atoms with Crippen molar-refractivity contribution in [1.29, 1.82) is 0 Å². The van der Waals surface area contributed by atoms with Gasteiger partial charge in [-0.1, -0.05) is 36.8 Å². The van der Waals surface area contributed by atoms with E-state index in [1.165, 1.54) is 12.0 Å². The molecule has 0 spiro atoms. The van der Waals surface area contributed by atoms with Gasteiger partial charge in [-0.2, -0.15) is 0 Å². The SMILES string of the molecule is Cc1ccc(/C=C/C(=O)N2CCC[C@H](C)C2)cc1. The molecular weight excluding hydrogens is 222 g/mol. The molecule has 1 aromatic carbocycles. The number of rotatable bonds is 2. The summed E-state index contributed by atoms with van der Waals surface area (Å²) in [6.45, 7) is 6.08. The molecule has 1 aromatic rings. The third-order valence-corrected chi connectivity index (χ3v) is 3.46. The molecule has 0 N–H and O–H groups in total. The molecule has 0 aliphatic carbocycles. The van der Waals surface area contributed by atoms with E-state index in [4.69, 9.17) is 0 Å². The molecule has 1 amide bonds. The number of carbonyl (C=O) groups is 1. The van der Waals surface area contributed by atoms with Gasteiger partial charge in [-0.05, 0) is 37.3 Å². The molecule has 0 aromatic heterocycles. The van der Waals surface area contributed by atoms with E-state index < -0.39 is 0 Å². The number of amides is 1. The highest BCUT2D eigenvalue weighted by Gasteiger charge is 2.18. The standard InChI is InChI=1S/C16H21NO/c1-13-5-7-15(8-6-13)9-10-16(18)17-11-3-4-14(2)12-17/h5-10,14H,3-4,11-12H2,1-2H3/b10-9+/t14-/m0/s1. The molecule has 18 heavy (non-hydrogen) atoms. The van der Waals surface area contributed by atoms with Crippen LogP contribution < -0.4 is 0 Å². The first-order valence-electron chi connectivity index (χ1n) is 6.69. The van der Waals surface area contributed by atoms with Crippen LogP contribution in [0, 0.1) is 12.8 Å². The normalized spacial score (nSPS) is 20.3. The van der Waals surface area contributed by atoms with Gasteiger partial charge in [0.2, 0.25) is 5.91 Å². The second kappa shape index (κ2) is 5.85. The van der Waals surface area contributed by atoms with Gasteiger partial charge >= 0.3 is 0 Å². The first-order valence-corrected chi connectivity index (χ1v) is 6.69. The first-order chi connectivity index (χ1) is 8.65. The molecule has 0 saturated carbocycles. The minimum atomic E-state index is 0.141. The van der Waals surface area contributed by atoms with Gasteiger partial charge in [0.25, 0.3) is 0 Å². The largest absolute Gasteiger partial charge is 0.339 e. The topological polar surface area (TPSA) is 20.3 Å². The van der Waals surface area contributed by atoms with Crippen LogP contribution in [0.1, 0.15) is 30.9 Å². The average Bonchev–Trinajstić information content (AvgIpc) is 2.38. The van der Waals surface area contributed by atoms with Crippen molar-refractivity contribution < 1.29 is 4.79 Å². The zero-order valence-electron chi connectivity index (χ0n) is 11.2. The molecule has 0 bridgehead atoms. The van der Waals surface area contributed by atoms with Crippen LogP contribution in [0.15, 0.2) is 30.3 Å². The molecule has 0 radical (unpaired) electrons. The smallest absolute Gasteiger partial charge is 0.246 e. The lowest BCUT2D eigenvalue weighted by molar-refractivity contribution is -0.127. The lowest BCUT2D eigenvalue weighted by Gasteiger charge is -2.30. The average molecular weight is 243 g/mol. The number of piperidine rings is 1. The van der Waals surface area contributed by atoms with Crippen LogP contribution in [0.2, 0.25) is 0 Å². The fourth-order valence-corrected chi connectivity index (χ4v) is 2.34. The highest BCUT2D eigenvalue weighted by Crippen LogP contribution is 2.16. The van der Waals surface area contributed by atoms with Gasteiger partial charge in [0.15, 0.2) is 0 Å². The fourth-order valence-electron chi connectivity index (χ4n) is 2.34. The van der Waals surface area contributed by atoms with E-state index in [-0.39, 0.29) is 5.91 Å². The van der Waals surface area contributed by atoms with Crippen molar-refractivity contribution in [2.75, 3.05) is 13.1 Å². The van der Waals surface area contributed by atoms with Gasteiger partial charge in [-0.15, -0.1) is 0 Å². The van der Waals surface area contributed by atoms with Crippen molar-refractivity contribution in [3.63, 3.8) is 0 Å². The number of benzene rings is 1. The van der Waals surface area contributed by atoms with Gasteiger partial charge < -0.3 is 4.90 Å². The molecule has 96 valence electrons. The second-order valence-corrected chi connectivity index (χ2v) is 5.28. The predicted octanol–water partition coefficient (Wildman–Crippen LogP) is 3.27. The van der Waals surface area contributed by atoms with E-state index in [2.05, 4.69) is 26.0 Å². The summed E-state index contributed by atoms with van der Waals surface area (Å²) in [5.41, 5.74) is 2.32. The van der Waals surface area contributed by atoms with Crippen molar-refractivity contribution in [3.8, 4) is 0 Å². The lowest BCUT2D eigenvalue weighted by Crippen LogP contribution is -2.38. The Balaban J connectivity index is 1.96. The Bertz CT molecular complexity index is 433. The summed E-state index contributed by atoms with van der Waals surface area (Å²) in [4.78, 5) is 14.0. The Kier molecular flexibility index (Phi) is 4.19. The van der Waals surface area contributed by atoms with Crippen LogP contribution in [-0.2, 0) is 4.79 Å². The summed E-state index contributed by atoms with van der Waals surface area (Å²) >= 11 is 0. The van der Waals surface area contributed by atoms with Crippen molar-refractivity contribution in [3.05, 3.63) is 41.5 Å². The van der Waals surface area contributed by atoms with E-state index >= 15 is 0 Å². The maximum atomic E-state index is 12.0. The predicted molar refractivity (Wildman–Crippen MR) is 75.2 cm³/mol. The van der Waals surface area contributed by atoms with E-state index in [9.17, 15) is 4.79 Å². The number of nitrogens with zero attached hydrogens (tertiary/aromatic N) is 1. The molecule has 1 aliphatic rings. The molecule has 2 nitrogen and oxygen atoms in total. The summed E-state index contributed by atoms with van der Waals surface area (Å²) in [7, 11) is 0. The minimum Gasteiger partial charge on any atom is -0.339 e. The van der Waals surface area contributed by atoms with Crippen LogP contribution in [0.4, 0.5) is 0 Å². The van der Waals surface area contributed by atoms with Crippen molar-refractivity contribution in [2.24, 2.45) is 5.92 Å². The van der Waals surface area contributed by atoms with E-state index in [1.54, 1.807) is 6.08 Å². The number of likely N-dealkylation sites (tertiary alicyclic amines) is 1. The molecule has 1 fully saturated rings. The fraction of sp³-hybridized carbons (Fsp3) is 0.438. The Morgan fingerprint density at radius 3 is 2.72 bits per heavy atom. The maximum Gasteiger partial charge on any atom is 0.246 e. The maximum absolute atomic E-state index is 12.0. The van der Waals surface area contributed by atoms with Gasteiger partial charge in [0.05, 0.1) is 0 Å². The van der Waals surface area contributed by atoms with Crippen LogP contribution >= 0.6 is 0 Å². The summed E-state index contributed by atoms with van der Waals surface area (Å²) in [6.07, 6.45) is 5.97. The summed E-state index contributed by atoms with van der Waals surface area (Å²) in [6, 6.07) is 8.20. The lowest BCUT2D eigenvalue weighted by atomic mass is 10.0. The van der Waals surface area contributed by atoms with E-state index in [1.807, 2.05) is 23.1 Å². The van der Waals surface area contributed by atoms with Gasteiger partial charge in [0.1, 0.15) is 0 Å². The minimum absolute atomic E-state index is 0.141. The molecule has 0 unspecified atom stereocenters.